The Bertz CT molecular complexity index is 532. The first-order valence-corrected chi connectivity index (χ1v) is 7.29. The van der Waals surface area contributed by atoms with Gasteiger partial charge in [0.25, 0.3) is 0 Å². The van der Waals surface area contributed by atoms with E-state index in [1.54, 1.807) is 11.8 Å². The van der Waals surface area contributed by atoms with Gasteiger partial charge in [0.05, 0.1) is 5.69 Å². The molecule has 0 radical (unpaired) electrons. The molecule has 0 atom stereocenters. The minimum atomic E-state index is 0.400. The predicted molar refractivity (Wildman–Crippen MR) is 78.9 cm³/mol. The summed E-state index contributed by atoms with van der Waals surface area (Å²) in [7, 11) is 0. The van der Waals surface area contributed by atoms with Gasteiger partial charge in [-0.25, -0.2) is 4.98 Å². The molecule has 0 unspecified atom stereocenters. The average molecular weight is 261 g/mol. The number of anilines is 2. The largest absolute Gasteiger partial charge is 0.326 e. The summed E-state index contributed by atoms with van der Waals surface area (Å²) in [4.78, 5) is 5.78. The van der Waals surface area contributed by atoms with Crippen molar-refractivity contribution in [2.75, 3.05) is 11.6 Å². The summed E-state index contributed by atoms with van der Waals surface area (Å²) >= 11 is 1.74. The predicted octanol–water partition coefficient (Wildman–Crippen LogP) is 4.24. The van der Waals surface area contributed by atoms with Crippen molar-refractivity contribution >= 4 is 23.4 Å². The fourth-order valence-corrected chi connectivity index (χ4v) is 2.29. The third kappa shape index (κ3) is 2.88. The number of rotatable bonds is 4. The quantitative estimate of drug-likeness (QED) is 0.835. The Morgan fingerprint density at radius 2 is 2.11 bits per heavy atom. The molecule has 2 rings (SSSR count). The molecule has 0 saturated carbocycles. The van der Waals surface area contributed by atoms with Crippen LogP contribution in [-0.2, 0) is 0 Å². The van der Waals surface area contributed by atoms with E-state index in [1.807, 2.05) is 6.92 Å². The summed E-state index contributed by atoms with van der Waals surface area (Å²) in [5, 5.41) is 3.39. The molecule has 96 valence electrons. The molecule has 0 bridgehead atoms. The second kappa shape index (κ2) is 5.48. The smallest absolute Gasteiger partial charge is 0.207 e. The maximum atomic E-state index is 4.53. The molecule has 1 N–H and O–H groups in total. The van der Waals surface area contributed by atoms with Crippen LogP contribution in [0.25, 0.3) is 0 Å². The van der Waals surface area contributed by atoms with E-state index in [4.69, 9.17) is 0 Å². The maximum Gasteiger partial charge on any atom is 0.207 e. The van der Waals surface area contributed by atoms with Gasteiger partial charge in [0.15, 0.2) is 0 Å². The van der Waals surface area contributed by atoms with Crippen LogP contribution < -0.4 is 5.32 Å². The van der Waals surface area contributed by atoms with Crippen LogP contribution in [0.1, 0.15) is 25.6 Å². The molecule has 1 heterocycles. The number of aromatic nitrogens is 2. The molecule has 2 aromatic rings. The Morgan fingerprint density at radius 3 is 2.78 bits per heavy atom. The summed E-state index contributed by atoms with van der Waals surface area (Å²) in [6.45, 7) is 6.33. The van der Waals surface area contributed by atoms with E-state index in [9.17, 15) is 0 Å². The highest BCUT2D eigenvalue weighted by Crippen LogP contribution is 2.23. The Hall–Kier alpha value is -1.42. The number of hydrogen-bond acceptors (Lipinski definition) is 3. The van der Waals surface area contributed by atoms with Crippen molar-refractivity contribution in [3.05, 3.63) is 36.2 Å². The molecular formula is C14H19N3S. The zero-order valence-corrected chi connectivity index (χ0v) is 12.1. The van der Waals surface area contributed by atoms with Crippen LogP contribution in [-0.4, -0.2) is 15.8 Å². The van der Waals surface area contributed by atoms with Crippen LogP contribution >= 0.6 is 11.8 Å². The number of thioether (sulfide) groups is 1. The molecule has 18 heavy (non-hydrogen) atoms. The lowest BCUT2D eigenvalue weighted by molar-refractivity contribution is 0.607. The molecule has 0 aliphatic carbocycles. The summed E-state index contributed by atoms with van der Waals surface area (Å²) in [5.41, 5.74) is 2.11. The van der Waals surface area contributed by atoms with Crippen molar-refractivity contribution in [1.29, 1.82) is 0 Å². The third-order valence-electron chi connectivity index (χ3n) is 2.73. The first-order chi connectivity index (χ1) is 8.60. The van der Waals surface area contributed by atoms with E-state index in [0.717, 1.165) is 17.3 Å². The van der Waals surface area contributed by atoms with Gasteiger partial charge in [-0.05, 0) is 45.2 Å². The zero-order valence-electron chi connectivity index (χ0n) is 11.3. The van der Waals surface area contributed by atoms with Crippen LogP contribution in [0.2, 0.25) is 0 Å². The zero-order chi connectivity index (χ0) is 13.1. The van der Waals surface area contributed by atoms with Crippen molar-refractivity contribution in [1.82, 2.24) is 9.55 Å². The average Bonchev–Trinajstić information content (AvgIpc) is 2.70. The normalized spacial score (nSPS) is 10.9. The first kappa shape index (κ1) is 13.0. The fraction of sp³-hybridized carbons (Fsp3) is 0.357. The van der Waals surface area contributed by atoms with Crippen LogP contribution in [0, 0.1) is 6.92 Å². The molecule has 1 aromatic heterocycles. The van der Waals surface area contributed by atoms with Crippen molar-refractivity contribution < 1.29 is 0 Å². The Labute approximate surface area is 113 Å². The van der Waals surface area contributed by atoms with E-state index >= 15 is 0 Å². The lowest BCUT2D eigenvalue weighted by atomic mass is 10.3. The SMILES string of the molecule is CSc1cccc(Nc2nc(C)cn2C(C)C)c1. The van der Waals surface area contributed by atoms with Gasteiger partial charge in [-0.3, -0.25) is 0 Å². The minimum Gasteiger partial charge on any atom is -0.326 e. The van der Waals surface area contributed by atoms with E-state index < -0.39 is 0 Å². The second-order valence-corrected chi connectivity index (χ2v) is 5.44. The fourth-order valence-electron chi connectivity index (χ4n) is 1.83. The topological polar surface area (TPSA) is 29.9 Å². The Kier molecular flexibility index (Phi) is 3.97. The van der Waals surface area contributed by atoms with Gasteiger partial charge in [-0.2, -0.15) is 0 Å². The number of aryl methyl sites for hydroxylation is 1. The molecular weight excluding hydrogens is 242 g/mol. The van der Waals surface area contributed by atoms with Gasteiger partial charge < -0.3 is 9.88 Å². The number of nitrogens with one attached hydrogen (secondary N) is 1. The van der Waals surface area contributed by atoms with Crippen LogP contribution in [0.4, 0.5) is 11.6 Å². The van der Waals surface area contributed by atoms with E-state index in [-0.39, 0.29) is 0 Å². The standard InChI is InChI=1S/C14H19N3S/c1-10(2)17-9-11(3)15-14(17)16-12-6-5-7-13(8-12)18-4/h5-10H,1-4H3,(H,15,16). The van der Waals surface area contributed by atoms with Crippen LogP contribution in [0.15, 0.2) is 35.4 Å². The van der Waals surface area contributed by atoms with Crippen LogP contribution in [0.5, 0.6) is 0 Å². The van der Waals surface area contributed by atoms with Crippen LogP contribution in [0.3, 0.4) is 0 Å². The molecule has 3 nitrogen and oxygen atoms in total. The van der Waals surface area contributed by atoms with Gasteiger partial charge in [-0.15, -0.1) is 11.8 Å². The second-order valence-electron chi connectivity index (χ2n) is 4.56. The van der Waals surface area contributed by atoms with Gasteiger partial charge in [0.2, 0.25) is 5.95 Å². The first-order valence-electron chi connectivity index (χ1n) is 6.06. The number of hydrogen-bond donors (Lipinski definition) is 1. The van der Waals surface area contributed by atoms with Crippen molar-refractivity contribution in [3.63, 3.8) is 0 Å². The number of nitrogens with zero attached hydrogens (tertiary/aromatic N) is 2. The highest BCUT2D eigenvalue weighted by atomic mass is 32.2. The van der Waals surface area contributed by atoms with Crippen molar-refractivity contribution in [2.24, 2.45) is 0 Å². The van der Waals surface area contributed by atoms with Gasteiger partial charge in [0, 0.05) is 22.8 Å². The Balaban J connectivity index is 2.27. The lowest BCUT2D eigenvalue weighted by Crippen LogP contribution is -2.05. The summed E-state index contributed by atoms with van der Waals surface area (Å²) in [5.74, 6) is 0.903. The summed E-state index contributed by atoms with van der Waals surface area (Å²) in [6, 6.07) is 8.77. The highest BCUT2D eigenvalue weighted by molar-refractivity contribution is 7.98. The minimum absolute atomic E-state index is 0.400. The Morgan fingerprint density at radius 1 is 1.33 bits per heavy atom. The summed E-state index contributed by atoms with van der Waals surface area (Å²) < 4.78 is 2.15. The van der Waals surface area contributed by atoms with E-state index in [1.165, 1.54) is 4.90 Å². The molecule has 0 aliphatic heterocycles. The highest BCUT2D eigenvalue weighted by Gasteiger charge is 2.08. The molecule has 0 fully saturated rings. The molecule has 0 aliphatic rings. The lowest BCUT2D eigenvalue weighted by Gasteiger charge is -2.13. The van der Waals surface area contributed by atoms with Crippen molar-refractivity contribution in [2.45, 2.75) is 31.7 Å². The van der Waals surface area contributed by atoms with E-state index in [0.29, 0.717) is 6.04 Å². The van der Waals surface area contributed by atoms with Crippen molar-refractivity contribution in [3.8, 4) is 0 Å². The number of imidazole rings is 1. The molecule has 4 heteroatoms. The van der Waals surface area contributed by atoms with E-state index in [2.05, 4.69) is 65.4 Å². The third-order valence-corrected chi connectivity index (χ3v) is 3.46. The number of benzene rings is 1. The molecule has 0 spiro atoms. The summed E-state index contributed by atoms with van der Waals surface area (Å²) in [6.07, 6.45) is 4.16. The monoisotopic (exact) mass is 261 g/mol. The van der Waals surface area contributed by atoms with Gasteiger partial charge in [0.1, 0.15) is 0 Å². The maximum absolute atomic E-state index is 4.53. The van der Waals surface area contributed by atoms with Gasteiger partial charge in [-0.1, -0.05) is 6.07 Å². The molecule has 1 aromatic carbocycles. The molecule has 0 amide bonds. The molecule has 0 saturated heterocycles. The van der Waals surface area contributed by atoms with Gasteiger partial charge >= 0.3 is 0 Å².